The number of rotatable bonds is 4. The predicted molar refractivity (Wildman–Crippen MR) is 61.7 cm³/mol. The Bertz CT molecular complexity index is 454. The molecule has 6 nitrogen and oxygen atoms in total. The van der Waals surface area contributed by atoms with Crippen LogP contribution < -0.4 is 15.8 Å². The lowest BCUT2D eigenvalue weighted by Gasteiger charge is -2.14. The third kappa shape index (κ3) is 3.57. The molecule has 0 heterocycles. The van der Waals surface area contributed by atoms with Crippen LogP contribution in [0.25, 0.3) is 0 Å². The van der Waals surface area contributed by atoms with Gasteiger partial charge in [0.05, 0.1) is 11.7 Å². The third-order valence-corrected chi connectivity index (χ3v) is 2.03. The molecule has 4 N–H and O–H groups in total. The lowest BCUT2D eigenvalue weighted by atomic mass is 10.2. The van der Waals surface area contributed by atoms with Crippen LogP contribution in [0.5, 0.6) is 5.75 Å². The Labute approximate surface area is 98.6 Å². The Hall–Kier alpha value is -2.42. The van der Waals surface area contributed by atoms with Gasteiger partial charge >= 0.3 is 6.09 Å². The summed E-state index contributed by atoms with van der Waals surface area (Å²) in [5.74, 6) is 0.353. The van der Waals surface area contributed by atoms with Crippen LogP contribution in [0, 0.1) is 11.3 Å². The summed E-state index contributed by atoms with van der Waals surface area (Å²) in [5, 5.41) is 19.6. The van der Waals surface area contributed by atoms with Gasteiger partial charge in [-0.15, -0.1) is 0 Å². The monoisotopic (exact) mass is 235 g/mol. The normalized spacial score (nSPS) is 11.3. The first kappa shape index (κ1) is 12.6. The first-order valence-corrected chi connectivity index (χ1v) is 4.95. The van der Waals surface area contributed by atoms with Gasteiger partial charge in [-0.3, -0.25) is 0 Å². The zero-order valence-corrected chi connectivity index (χ0v) is 9.30. The second-order valence-electron chi connectivity index (χ2n) is 3.49. The fourth-order valence-electron chi connectivity index (χ4n) is 1.26. The second kappa shape index (κ2) is 5.61. The Morgan fingerprint density at radius 1 is 1.71 bits per heavy atom. The first-order chi connectivity index (χ1) is 8.04. The van der Waals surface area contributed by atoms with Crippen molar-refractivity contribution in [3.63, 3.8) is 0 Å². The van der Waals surface area contributed by atoms with Gasteiger partial charge in [-0.2, -0.15) is 5.26 Å². The Kier molecular flexibility index (Phi) is 4.17. The van der Waals surface area contributed by atoms with E-state index in [9.17, 15) is 4.79 Å². The van der Waals surface area contributed by atoms with Crippen molar-refractivity contribution in [3.05, 3.63) is 23.8 Å². The molecule has 0 saturated heterocycles. The minimum Gasteiger partial charge on any atom is -0.490 e. The lowest BCUT2D eigenvalue weighted by molar-refractivity contribution is 0.183. The lowest BCUT2D eigenvalue weighted by Crippen LogP contribution is -2.35. The van der Waals surface area contributed by atoms with E-state index in [0.717, 1.165) is 0 Å². The van der Waals surface area contributed by atoms with Crippen molar-refractivity contribution in [2.75, 3.05) is 12.3 Å². The van der Waals surface area contributed by atoms with Crippen LogP contribution in [0.2, 0.25) is 0 Å². The number of amides is 1. The molecule has 1 unspecified atom stereocenters. The average Bonchev–Trinajstić information content (AvgIpc) is 2.25. The molecule has 0 spiro atoms. The molecule has 0 bridgehead atoms. The van der Waals surface area contributed by atoms with Crippen molar-refractivity contribution in [2.45, 2.75) is 13.0 Å². The molecule has 0 aliphatic carbocycles. The van der Waals surface area contributed by atoms with Gasteiger partial charge in [0.15, 0.2) is 0 Å². The molecule has 0 aliphatic rings. The topological polar surface area (TPSA) is 108 Å². The summed E-state index contributed by atoms with van der Waals surface area (Å²) >= 11 is 0. The van der Waals surface area contributed by atoms with Crippen LogP contribution >= 0.6 is 0 Å². The molecule has 1 atom stereocenters. The minimum absolute atomic E-state index is 0.129. The molecule has 90 valence electrons. The molecule has 0 aromatic heterocycles. The van der Waals surface area contributed by atoms with E-state index in [1.54, 1.807) is 25.1 Å². The van der Waals surface area contributed by atoms with Gasteiger partial charge in [0.1, 0.15) is 24.0 Å². The number of hydrogen-bond donors (Lipinski definition) is 3. The van der Waals surface area contributed by atoms with Gasteiger partial charge in [-0.25, -0.2) is 4.79 Å². The number of nitriles is 1. The fourth-order valence-corrected chi connectivity index (χ4v) is 1.26. The highest BCUT2D eigenvalue weighted by Crippen LogP contribution is 2.23. The molecule has 0 radical (unpaired) electrons. The maximum absolute atomic E-state index is 10.4. The third-order valence-electron chi connectivity index (χ3n) is 2.03. The number of ether oxygens (including phenoxy) is 1. The number of carbonyl (C=O) groups is 1. The minimum atomic E-state index is -1.12. The summed E-state index contributed by atoms with van der Waals surface area (Å²) in [6, 6.07) is 6.45. The van der Waals surface area contributed by atoms with Crippen LogP contribution in [-0.4, -0.2) is 23.8 Å². The van der Waals surface area contributed by atoms with Gasteiger partial charge in [-0.05, 0) is 19.1 Å². The number of nitrogens with one attached hydrogen (secondary N) is 1. The van der Waals surface area contributed by atoms with E-state index in [0.29, 0.717) is 11.4 Å². The quantitative estimate of drug-likeness (QED) is 0.679. The van der Waals surface area contributed by atoms with E-state index in [2.05, 4.69) is 5.32 Å². The molecule has 17 heavy (non-hydrogen) atoms. The molecule has 6 heteroatoms. The predicted octanol–water partition coefficient (Wildman–Crippen LogP) is 1.18. The molecular weight excluding hydrogens is 222 g/mol. The van der Waals surface area contributed by atoms with Crippen LogP contribution in [0.4, 0.5) is 10.5 Å². The van der Waals surface area contributed by atoms with Crippen molar-refractivity contribution < 1.29 is 14.6 Å². The van der Waals surface area contributed by atoms with Crippen LogP contribution in [0.3, 0.4) is 0 Å². The van der Waals surface area contributed by atoms with Crippen molar-refractivity contribution in [1.29, 1.82) is 5.26 Å². The van der Waals surface area contributed by atoms with Crippen molar-refractivity contribution in [3.8, 4) is 11.8 Å². The van der Waals surface area contributed by atoms with Gasteiger partial charge in [0.2, 0.25) is 0 Å². The molecule has 1 aromatic rings. The van der Waals surface area contributed by atoms with E-state index in [1.807, 2.05) is 6.07 Å². The molecule has 0 aliphatic heterocycles. The summed E-state index contributed by atoms with van der Waals surface area (Å²) in [4.78, 5) is 10.4. The summed E-state index contributed by atoms with van der Waals surface area (Å²) in [5.41, 5.74) is 6.20. The second-order valence-corrected chi connectivity index (χ2v) is 3.49. The largest absolute Gasteiger partial charge is 0.490 e. The summed E-state index contributed by atoms with van der Waals surface area (Å²) in [7, 11) is 0. The number of nitrogen functional groups attached to an aromatic ring is 1. The van der Waals surface area contributed by atoms with Gasteiger partial charge in [0.25, 0.3) is 0 Å². The highest BCUT2D eigenvalue weighted by Gasteiger charge is 2.10. The maximum Gasteiger partial charge on any atom is 0.404 e. The maximum atomic E-state index is 10.4. The number of benzene rings is 1. The smallest absolute Gasteiger partial charge is 0.404 e. The number of anilines is 1. The number of nitrogens with zero attached hydrogens (tertiary/aromatic N) is 1. The van der Waals surface area contributed by atoms with E-state index >= 15 is 0 Å². The fraction of sp³-hybridized carbons (Fsp3) is 0.273. The van der Waals surface area contributed by atoms with Crippen LogP contribution in [0.15, 0.2) is 18.2 Å². The Morgan fingerprint density at radius 2 is 2.41 bits per heavy atom. The zero-order chi connectivity index (χ0) is 12.8. The van der Waals surface area contributed by atoms with Gasteiger partial charge < -0.3 is 20.9 Å². The van der Waals surface area contributed by atoms with E-state index in [-0.39, 0.29) is 18.2 Å². The first-order valence-electron chi connectivity index (χ1n) is 4.95. The summed E-state index contributed by atoms with van der Waals surface area (Å²) in [6.07, 6.45) is -1.12. The van der Waals surface area contributed by atoms with Crippen molar-refractivity contribution in [1.82, 2.24) is 5.32 Å². The molecule has 1 rings (SSSR count). The van der Waals surface area contributed by atoms with E-state index in [4.69, 9.17) is 20.8 Å². The van der Waals surface area contributed by atoms with E-state index < -0.39 is 6.09 Å². The van der Waals surface area contributed by atoms with E-state index in [1.165, 1.54) is 0 Å². The molecule has 1 amide bonds. The Morgan fingerprint density at radius 3 is 3.00 bits per heavy atom. The molecular formula is C11H13N3O3. The van der Waals surface area contributed by atoms with Gasteiger partial charge in [-0.1, -0.05) is 6.07 Å². The molecule has 0 fully saturated rings. The number of nitrogens with two attached hydrogens (primary N) is 1. The van der Waals surface area contributed by atoms with Crippen molar-refractivity contribution in [2.24, 2.45) is 0 Å². The molecule has 1 aromatic carbocycles. The summed E-state index contributed by atoms with van der Waals surface area (Å²) < 4.78 is 5.34. The summed E-state index contributed by atoms with van der Waals surface area (Å²) in [6.45, 7) is 1.79. The average molecular weight is 235 g/mol. The highest BCUT2D eigenvalue weighted by molar-refractivity contribution is 5.64. The van der Waals surface area contributed by atoms with Crippen LogP contribution in [-0.2, 0) is 0 Å². The Balaban J connectivity index is 2.67. The SMILES string of the molecule is CC(COc1cccc(N)c1C#N)NC(=O)O. The number of hydrogen-bond acceptors (Lipinski definition) is 4. The highest BCUT2D eigenvalue weighted by atomic mass is 16.5. The van der Waals surface area contributed by atoms with Crippen molar-refractivity contribution >= 4 is 11.8 Å². The van der Waals surface area contributed by atoms with Gasteiger partial charge in [0, 0.05) is 0 Å². The van der Waals surface area contributed by atoms with Crippen LogP contribution in [0.1, 0.15) is 12.5 Å². The molecule has 0 saturated carbocycles. The zero-order valence-electron chi connectivity index (χ0n) is 9.30. The standard InChI is InChI=1S/C11H13N3O3/c1-7(14-11(15)16)6-17-10-4-2-3-9(13)8(10)5-12/h2-4,7,14H,6,13H2,1H3,(H,15,16). The number of carboxylic acid groups (broad SMARTS) is 1.